The molecule has 9 N–H and O–H groups in total. The molecule has 0 aromatic heterocycles. The lowest BCUT2D eigenvalue weighted by Gasteiger charge is -2.22. The van der Waals surface area contributed by atoms with Crippen LogP contribution in [0, 0.1) is 0 Å². The first-order valence-corrected chi connectivity index (χ1v) is 9.54. The number of hydrogen-bond donors (Lipinski definition) is 8. The molecule has 0 saturated heterocycles. The Kier molecular flexibility index (Phi) is 11.2. The molecule has 0 saturated carbocycles. The molecule has 162 valence electrons. The van der Waals surface area contributed by atoms with E-state index in [0.29, 0.717) is 0 Å². The maximum Gasteiger partial charge on any atom is 0.303 e. The molecule has 0 aromatic rings. The lowest BCUT2D eigenvalue weighted by atomic mass is 10.1. The monoisotopic (exact) mass is 428 g/mol. The van der Waals surface area contributed by atoms with E-state index in [2.05, 4.69) is 16.0 Å². The van der Waals surface area contributed by atoms with E-state index in [1.165, 1.54) is 0 Å². The Balaban J connectivity index is 4.99. The Morgan fingerprint density at radius 1 is 0.929 bits per heavy atom. The maximum atomic E-state index is 12.3. The molecule has 28 heavy (non-hydrogen) atoms. The summed E-state index contributed by atoms with van der Waals surface area (Å²) in [4.78, 5) is 46.6. The first-order valence-electron chi connectivity index (χ1n) is 7.94. The molecule has 0 heterocycles. The number of carbonyl (C=O) groups is 4. The second kappa shape index (κ2) is 12.2. The van der Waals surface area contributed by atoms with Crippen LogP contribution in [0.25, 0.3) is 0 Å². The molecular weight excluding hydrogens is 404 g/mol. The zero-order valence-corrected chi connectivity index (χ0v) is 15.5. The molecule has 14 nitrogen and oxygen atoms in total. The predicted molar refractivity (Wildman–Crippen MR) is 92.3 cm³/mol. The van der Waals surface area contributed by atoms with Crippen molar-refractivity contribution >= 4 is 33.8 Å². The van der Waals surface area contributed by atoms with Crippen molar-refractivity contribution in [2.24, 2.45) is 5.73 Å². The van der Waals surface area contributed by atoms with Gasteiger partial charge in [0.15, 0.2) is 0 Å². The summed E-state index contributed by atoms with van der Waals surface area (Å²) < 4.78 is 29.8. The van der Waals surface area contributed by atoms with Crippen LogP contribution >= 0.6 is 0 Å². The van der Waals surface area contributed by atoms with Gasteiger partial charge in [-0.25, -0.2) is 0 Å². The van der Waals surface area contributed by atoms with Gasteiger partial charge in [0.1, 0.15) is 18.1 Å². The summed E-state index contributed by atoms with van der Waals surface area (Å²) in [6.07, 6.45) is -0.884. The third-order valence-electron chi connectivity index (χ3n) is 3.29. The summed E-state index contributed by atoms with van der Waals surface area (Å²) in [6.45, 7) is -2.11. The van der Waals surface area contributed by atoms with Crippen LogP contribution in [0.15, 0.2) is 0 Å². The second-order valence-corrected chi connectivity index (χ2v) is 7.18. The summed E-state index contributed by atoms with van der Waals surface area (Å²) in [5.41, 5.74) is 5.30. The fourth-order valence-electron chi connectivity index (χ4n) is 1.79. The first-order chi connectivity index (χ1) is 12.9. The number of hydrogen-bond acceptors (Lipinski definition) is 9. The van der Waals surface area contributed by atoms with Crippen LogP contribution in [-0.4, -0.2) is 95.6 Å². The highest BCUT2D eigenvalue weighted by Gasteiger charge is 2.28. The van der Waals surface area contributed by atoms with Crippen molar-refractivity contribution in [2.75, 3.05) is 25.5 Å². The summed E-state index contributed by atoms with van der Waals surface area (Å²) in [7, 11) is -4.33. The number of aliphatic hydroxyl groups excluding tert-OH is 2. The van der Waals surface area contributed by atoms with E-state index in [1.54, 1.807) is 0 Å². The topological polar surface area (TPSA) is 245 Å². The largest absolute Gasteiger partial charge is 0.481 e. The molecule has 3 atom stereocenters. The first kappa shape index (κ1) is 25.7. The van der Waals surface area contributed by atoms with E-state index in [-0.39, 0.29) is 6.42 Å². The standard InChI is InChI=1S/C13H24N4O10S/c14-7(5-18)11(22)16-8(1-2-10(20)21)13(24)17-9(6-19)12(23)15-3-4-28(25,26)27/h7-9,18-19H,1-6,14H2,(H,15,23)(H,16,22)(H,17,24)(H,20,21)(H,25,26,27)/t7-,8-,9-/m0/s1. The third-order valence-corrected chi connectivity index (χ3v) is 4.01. The van der Waals surface area contributed by atoms with E-state index in [4.69, 9.17) is 20.5 Å². The summed E-state index contributed by atoms with van der Waals surface area (Å²) >= 11 is 0. The van der Waals surface area contributed by atoms with Crippen LogP contribution in [0.2, 0.25) is 0 Å². The number of nitrogens with two attached hydrogens (primary N) is 1. The summed E-state index contributed by atoms with van der Waals surface area (Å²) in [6, 6.07) is -4.33. The molecule has 15 heteroatoms. The van der Waals surface area contributed by atoms with Crippen LogP contribution < -0.4 is 21.7 Å². The zero-order valence-electron chi connectivity index (χ0n) is 14.7. The molecule has 0 aliphatic heterocycles. The van der Waals surface area contributed by atoms with Crippen molar-refractivity contribution in [1.82, 2.24) is 16.0 Å². The number of carboxylic acid groups (broad SMARTS) is 1. The molecule has 0 aromatic carbocycles. The van der Waals surface area contributed by atoms with E-state index >= 15 is 0 Å². The van der Waals surface area contributed by atoms with Crippen molar-refractivity contribution in [1.29, 1.82) is 0 Å². The van der Waals surface area contributed by atoms with Crippen molar-refractivity contribution in [3.8, 4) is 0 Å². The summed E-state index contributed by atoms with van der Waals surface area (Å²) in [5.74, 6) is -4.98. The van der Waals surface area contributed by atoms with E-state index in [9.17, 15) is 32.7 Å². The van der Waals surface area contributed by atoms with Gasteiger partial charge in [-0.3, -0.25) is 23.7 Å². The average Bonchev–Trinajstić information content (AvgIpc) is 2.60. The highest BCUT2D eigenvalue weighted by atomic mass is 32.2. The van der Waals surface area contributed by atoms with Gasteiger partial charge in [0.05, 0.1) is 19.0 Å². The quantitative estimate of drug-likeness (QED) is 0.129. The number of amides is 3. The number of nitrogens with one attached hydrogen (secondary N) is 3. The van der Waals surface area contributed by atoms with Crippen LogP contribution in [0.4, 0.5) is 0 Å². The Bertz CT molecular complexity index is 668. The van der Waals surface area contributed by atoms with Crippen molar-refractivity contribution in [3.63, 3.8) is 0 Å². The fourth-order valence-corrected chi connectivity index (χ4v) is 2.15. The van der Waals surface area contributed by atoms with Gasteiger partial charge in [-0.2, -0.15) is 8.42 Å². The van der Waals surface area contributed by atoms with Crippen LogP contribution in [0.1, 0.15) is 12.8 Å². The minimum Gasteiger partial charge on any atom is -0.481 e. The molecular formula is C13H24N4O10S. The molecule has 0 rings (SSSR count). The number of aliphatic hydroxyl groups is 2. The Labute approximate surface area is 160 Å². The molecule has 0 spiro atoms. The van der Waals surface area contributed by atoms with Crippen LogP contribution in [-0.2, 0) is 29.3 Å². The van der Waals surface area contributed by atoms with Crippen molar-refractivity contribution in [3.05, 3.63) is 0 Å². The average molecular weight is 428 g/mol. The number of rotatable bonds is 13. The van der Waals surface area contributed by atoms with Crippen LogP contribution in [0.5, 0.6) is 0 Å². The van der Waals surface area contributed by atoms with Gasteiger partial charge >= 0.3 is 5.97 Å². The van der Waals surface area contributed by atoms with E-state index in [1.807, 2.05) is 0 Å². The number of carbonyl (C=O) groups excluding carboxylic acids is 3. The molecule has 0 fully saturated rings. The van der Waals surface area contributed by atoms with Crippen molar-refractivity contribution in [2.45, 2.75) is 31.0 Å². The minimum atomic E-state index is -4.33. The maximum absolute atomic E-state index is 12.3. The Hall–Kier alpha value is -2.33. The second-order valence-electron chi connectivity index (χ2n) is 5.60. The smallest absolute Gasteiger partial charge is 0.303 e. The van der Waals surface area contributed by atoms with Gasteiger partial charge < -0.3 is 37.0 Å². The van der Waals surface area contributed by atoms with Gasteiger partial charge in [-0.05, 0) is 6.42 Å². The zero-order chi connectivity index (χ0) is 21.9. The van der Waals surface area contributed by atoms with Gasteiger partial charge in [-0.15, -0.1) is 0 Å². The molecule has 0 bridgehead atoms. The van der Waals surface area contributed by atoms with Gasteiger partial charge in [0, 0.05) is 13.0 Å². The van der Waals surface area contributed by atoms with Gasteiger partial charge in [0.2, 0.25) is 17.7 Å². The van der Waals surface area contributed by atoms with Crippen molar-refractivity contribution < 1.29 is 47.5 Å². The highest BCUT2D eigenvalue weighted by Crippen LogP contribution is 2.00. The normalized spacial score (nSPS) is 14.4. The lowest BCUT2D eigenvalue weighted by molar-refractivity contribution is -0.138. The predicted octanol–water partition coefficient (Wildman–Crippen LogP) is -4.86. The minimum absolute atomic E-state index is 0.367. The summed E-state index contributed by atoms with van der Waals surface area (Å²) in [5, 5.41) is 33.1. The Morgan fingerprint density at radius 3 is 1.96 bits per heavy atom. The fraction of sp³-hybridized carbons (Fsp3) is 0.692. The van der Waals surface area contributed by atoms with Gasteiger partial charge in [-0.1, -0.05) is 0 Å². The molecule has 3 amide bonds. The Morgan fingerprint density at radius 2 is 1.50 bits per heavy atom. The SMILES string of the molecule is N[C@@H](CO)C(=O)N[C@@H](CCC(=O)O)C(=O)N[C@@H](CO)C(=O)NCCS(=O)(=O)O. The van der Waals surface area contributed by atoms with Crippen LogP contribution in [0.3, 0.4) is 0 Å². The molecule has 0 aliphatic rings. The molecule has 0 unspecified atom stereocenters. The van der Waals surface area contributed by atoms with Gasteiger partial charge in [0.25, 0.3) is 10.1 Å². The molecule has 0 radical (unpaired) electrons. The number of aliphatic carboxylic acids is 1. The van der Waals surface area contributed by atoms with E-state index in [0.717, 1.165) is 0 Å². The lowest BCUT2D eigenvalue weighted by Crippen LogP contribution is -2.57. The number of carboxylic acids is 1. The highest BCUT2D eigenvalue weighted by molar-refractivity contribution is 7.85. The van der Waals surface area contributed by atoms with E-state index < -0.39 is 83.9 Å². The third kappa shape index (κ3) is 10.7. The molecule has 0 aliphatic carbocycles.